The van der Waals surface area contributed by atoms with E-state index in [4.69, 9.17) is 4.74 Å². The van der Waals surface area contributed by atoms with E-state index in [1.807, 2.05) is 13.8 Å². The van der Waals surface area contributed by atoms with Crippen LogP contribution in [0.1, 0.15) is 33.6 Å². The van der Waals surface area contributed by atoms with Crippen LogP contribution < -0.4 is 9.46 Å². The number of rotatable bonds is 9. The van der Waals surface area contributed by atoms with Crippen molar-refractivity contribution in [1.82, 2.24) is 19.5 Å². The van der Waals surface area contributed by atoms with Gasteiger partial charge in [0.1, 0.15) is 0 Å². The molecule has 0 fully saturated rings. The van der Waals surface area contributed by atoms with Crippen LogP contribution in [-0.4, -0.2) is 47.6 Å². The number of anilines is 1. The minimum atomic E-state index is -3.61. The van der Waals surface area contributed by atoms with Gasteiger partial charge >= 0.3 is 16.2 Å². The van der Waals surface area contributed by atoms with E-state index in [2.05, 4.69) is 19.9 Å². The van der Waals surface area contributed by atoms with Gasteiger partial charge in [0, 0.05) is 13.1 Å². The lowest BCUT2D eigenvalue weighted by molar-refractivity contribution is 0.314. The highest BCUT2D eigenvalue weighted by molar-refractivity contribution is 7.90. The number of hydrogen-bond donors (Lipinski definition) is 2. The zero-order chi connectivity index (χ0) is 14.3. The molecule has 0 aromatic carbocycles. The van der Waals surface area contributed by atoms with Crippen LogP contribution in [0.25, 0.3) is 0 Å². The van der Waals surface area contributed by atoms with E-state index in [-0.39, 0.29) is 12.0 Å². The smallest absolute Gasteiger partial charge is 0.337 e. The molecule has 0 atom stereocenters. The van der Waals surface area contributed by atoms with Crippen molar-refractivity contribution in [1.29, 1.82) is 0 Å². The molecule has 0 aliphatic carbocycles. The van der Waals surface area contributed by atoms with Crippen molar-refractivity contribution in [2.45, 2.75) is 33.6 Å². The summed E-state index contributed by atoms with van der Waals surface area (Å²) in [6, 6.07) is 0.123. The average Bonchev–Trinajstić information content (AvgIpc) is 2.76. The van der Waals surface area contributed by atoms with Gasteiger partial charge < -0.3 is 4.74 Å². The Kier molecular flexibility index (Phi) is 6.03. The molecule has 0 saturated heterocycles. The molecule has 0 aliphatic rings. The molecule has 0 aliphatic heterocycles. The van der Waals surface area contributed by atoms with Gasteiger partial charge in [-0.25, -0.2) is 9.82 Å². The Morgan fingerprint density at radius 3 is 2.42 bits per heavy atom. The summed E-state index contributed by atoms with van der Waals surface area (Å²) in [5.74, 6) is 0.0562. The van der Waals surface area contributed by atoms with E-state index in [9.17, 15) is 8.42 Å². The number of nitrogens with one attached hydrogen (secondary N) is 2. The maximum Gasteiger partial charge on any atom is 0.337 e. The average molecular weight is 291 g/mol. The molecule has 0 bridgehead atoms. The van der Waals surface area contributed by atoms with Crippen molar-refractivity contribution in [2.75, 3.05) is 24.4 Å². The highest BCUT2D eigenvalue weighted by atomic mass is 32.2. The number of H-pyrrole nitrogens is 1. The SMILES string of the molecule is CCCN(CCC)S(=O)(=O)Nc1nc(OCC)n[nH]1. The van der Waals surface area contributed by atoms with E-state index in [1.165, 1.54) is 4.31 Å². The molecule has 0 spiro atoms. The quantitative estimate of drug-likeness (QED) is 0.706. The van der Waals surface area contributed by atoms with Crippen molar-refractivity contribution in [3.63, 3.8) is 0 Å². The molecular formula is C10H21N5O3S. The Bertz CT molecular complexity index is 467. The minimum Gasteiger partial charge on any atom is -0.463 e. The molecule has 9 heteroatoms. The van der Waals surface area contributed by atoms with E-state index in [0.717, 1.165) is 12.8 Å². The summed E-state index contributed by atoms with van der Waals surface area (Å²) < 4.78 is 33.1. The van der Waals surface area contributed by atoms with E-state index in [1.54, 1.807) is 6.92 Å². The number of nitrogens with zero attached hydrogens (tertiary/aromatic N) is 3. The molecule has 0 unspecified atom stereocenters. The van der Waals surface area contributed by atoms with Crippen molar-refractivity contribution < 1.29 is 13.2 Å². The topological polar surface area (TPSA) is 100 Å². The Morgan fingerprint density at radius 2 is 1.89 bits per heavy atom. The lowest BCUT2D eigenvalue weighted by Gasteiger charge is -2.20. The van der Waals surface area contributed by atoms with Crippen LogP contribution in [0.3, 0.4) is 0 Å². The second-order valence-electron chi connectivity index (χ2n) is 3.91. The van der Waals surface area contributed by atoms with Crippen LogP contribution in [0, 0.1) is 0 Å². The van der Waals surface area contributed by atoms with Gasteiger partial charge in [-0.3, -0.25) is 0 Å². The number of hydrogen-bond acceptors (Lipinski definition) is 5. The molecule has 0 amide bonds. The first-order chi connectivity index (χ1) is 9.03. The maximum absolute atomic E-state index is 12.1. The lowest BCUT2D eigenvalue weighted by Crippen LogP contribution is -2.37. The third kappa shape index (κ3) is 4.67. The molecule has 2 N–H and O–H groups in total. The molecule has 0 saturated carbocycles. The van der Waals surface area contributed by atoms with Gasteiger partial charge in [-0.15, -0.1) is 5.10 Å². The fourth-order valence-corrected chi connectivity index (χ4v) is 2.83. The number of aromatic nitrogens is 3. The summed E-state index contributed by atoms with van der Waals surface area (Å²) in [5.41, 5.74) is 0. The van der Waals surface area contributed by atoms with Gasteiger partial charge in [0.25, 0.3) is 0 Å². The Balaban J connectivity index is 2.75. The lowest BCUT2D eigenvalue weighted by atomic mass is 10.4. The zero-order valence-corrected chi connectivity index (χ0v) is 12.3. The third-order valence-corrected chi connectivity index (χ3v) is 3.75. The Hall–Kier alpha value is -1.35. The van der Waals surface area contributed by atoms with Crippen LogP contribution in [0.2, 0.25) is 0 Å². The van der Waals surface area contributed by atoms with Crippen LogP contribution in [0.15, 0.2) is 0 Å². The molecule has 1 rings (SSSR count). The van der Waals surface area contributed by atoms with E-state index in [0.29, 0.717) is 19.7 Å². The van der Waals surface area contributed by atoms with Crippen molar-refractivity contribution >= 4 is 16.2 Å². The van der Waals surface area contributed by atoms with E-state index >= 15 is 0 Å². The van der Waals surface area contributed by atoms with Crippen LogP contribution in [0.4, 0.5) is 5.95 Å². The Labute approximate surface area is 113 Å². The largest absolute Gasteiger partial charge is 0.463 e. The van der Waals surface area contributed by atoms with E-state index < -0.39 is 10.2 Å². The van der Waals surface area contributed by atoms with Crippen LogP contribution in [-0.2, 0) is 10.2 Å². The highest BCUT2D eigenvalue weighted by Crippen LogP contribution is 2.10. The monoisotopic (exact) mass is 291 g/mol. The summed E-state index contributed by atoms with van der Waals surface area (Å²) >= 11 is 0. The fourth-order valence-electron chi connectivity index (χ4n) is 1.52. The first kappa shape index (κ1) is 15.7. The molecular weight excluding hydrogens is 270 g/mol. The number of ether oxygens (including phenoxy) is 1. The molecule has 1 heterocycles. The highest BCUT2D eigenvalue weighted by Gasteiger charge is 2.21. The minimum absolute atomic E-state index is 0.0562. The van der Waals surface area contributed by atoms with Crippen molar-refractivity contribution in [3.8, 4) is 6.01 Å². The fraction of sp³-hybridized carbons (Fsp3) is 0.800. The number of aromatic amines is 1. The van der Waals surface area contributed by atoms with Gasteiger partial charge in [0.2, 0.25) is 5.95 Å². The van der Waals surface area contributed by atoms with Gasteiger partial charge in [-0.05, 0) is 19.8 Å². The van der Waals surface area contributed by atoms with Crippen molar-refractivity contribution in [2.24, 2.45) is 0 Å². The first-order valence-corrected chi connectivity index (χ1v) is 7.80. The van der Waals surface area contributed by atoms with Gasteiger partial charge in [-0.1, -0.05) is 13.8 Å². The van der Waals surface area contributed by atoms with Crippen LogP contribution in [0.5, 0.6) is 6.01 Å². The predicted octanol–water partition coefficient (Wildman–Crippen LogP) is 0.982. The zero-order valence-electron chi connectivity index (χ0n) is 11.5. The Morgan fingerprint density at radius 1 is 1.26 bits per heavy atom. The predicted molar refractivity (Wildman–Crippen MR) is 72.2 cm³/mol. The van der Waals surface area contributed by atoms with Gasteiger partial charge in [0.05, 0.1) is 6.61 Å². The molecule has 8 nitrogen and oxygen atoms in total. The van der Waals surface area contributed by atoms with Gasteiger partial charge in [0.15, 0.2) is 0 Å². The summed E-state index contributed by atoms with van der Waals surface area (Å²) in [6.07, 6.45) is 1.50. The normalized spacial score (nSPS) is 11.8. The third-order valence-electron chi connectivity index (χ3n) is 2.25. The van der Waals surface area contributed by atoms with Crippen LogP contribution >= 0.6 is 0 Å². The second-order valence-corrected chi connectivity index (χ2v) is 5.58. The summed E-state index contributed by atoms with van der Waals surface area (Å²) in [5, 5.41) is 6.22. The molecule has 19 heavy (non-hydrogen) atoms. The standard InChI is InChI=1S/C10H21N5O3S/c1-4-7-15(8-5-2)19(16,17)14-9-11-10(13-12-9)18-6-3/h4-8H2,1-3H3,(H2,11,12,13,14). The summed E-state index contributed by atoms with van der Waals surface area (Å²) in [6.45, 7) is 7.01. The summed E-state index contributed by atoms with van der Waals surface area (Å²) in [7, 11) is -3.61. The molecule has 110 valence electrons. The van der Waals surface area contributed by atoms with Crippen molar-refractivity contribution in [3.05, 3.63) is 0 Å². The molecule has 1 aromatic heterocycles. The first-order valence-electron chi connectivity index (χ1n) is 6.36. The molecule has 0 radical (unpaired) electrons. The van der Waals surface area contributed by atoms with Gasteiger partial charge in [-0.2, -0.15) is 17.7 Å². The summed E-state index contributed by atoms with van der Waals surface area (Å²) in [4.78, 5) is 3.88. The second kappa shape index (κ2) is 7.29. The molecule has 1 aromatic rings. The maximum atomic E-state index is 12.1.